The predicted octanol–water partition coefficient (Wildman–Crippen LogP) is 0.100. The monoisotopic (exact) mass is 187 g/mol. The molecule has 4 heteroatoms. The van der Waals surface area contributed by atoms with E-state index in [0.717, 1.165) is 0 Å². The third kappa shape index (κ3) is 4.62. The molecule has 0 radical (unpaired) electrons. The van der Waals surface area contributed by atoms with E-state index in [1.165, 1.54) is 0 Å². The number of aliphatic hydroxyl groups excluding tert-OH is 1. The Morgan fingerprint density at radius 3 is 2.38 bits per heavy atom. The topological polar surface area (TPSA) is 66.4 Å². The van der Waals surface area contributed by atoms with Gasteiger partial charge in [-0.3, -0.25) is 9.59 Å². The van der Waals surface area contributed by atoms with Crippen LogP contribution in [0.3, 0.4) is 0 Å². The summed E-state index contributed by atoms with van der Waals surface area (Å²) in [5.74, 6) is -0.815. The summed E-state index contributed by atoms with van der Waals surface area (Å²) in [6.07, 6.45) is 0.550. The molecule has 0 saturated carbocycles. The van der Waals surface area contributed by atoms with Gasteiger partial charge in [0.25, 0.3) is 0 Å². The molecular weight excluding hydrogens is 170 g/mol. The van der Waals surface area contributed by atoms with E-state index >= 15 is 0 Å². The standard InChI is InChI=1S/C9H17NO3/c1-3-8(12)5-7(6-11)9(13)10-4-2/h7,11H,3-6H2,1-2H3,(H,10,13). The van der Waals surface area contributed by atoms with Crippen LogP contribution in [-0.4, -0.2) is 29.9 Å². The van der Waals surface area contributed by atoms with Gasteiger partial charge in [-0.25, -0.2) is 0 Å². The average Bonchev–Trinajstić information content (AvgIpc) is 2.14. The maximum absolute atomic E-state index is 11.2. The Balaban J connectivity index is 4.01. The zero-order chi connectivity index (χ0) is 10.3. The van der Waals surface area contributed by atoms with Gasteiger partial charge >= 0.3 is 0 Å². The molecule has 0 aromatic heterocycles. The smallest absolute Gasteiger partial charge is 0.225 e. The van der Waals surface area contributed by atoms with Gasteiger partial charge in [0.05, 0.1) is 12.5 Å². The van der Waals surface area contributed by atoms with Crippen molar-refractivity contribution in [1.29, 1.82) is 0 Å². The molecule has 76 valence electrons. The lowest BCUT2D eigenvalue weighted by Gasteiger charge is -2.11. The Hall–Kier alpha value is -0.900. The van der Waals surface area contributed by atoms with E-state index < -0.39 is 5.92 Å². The van der Waals surface area contributed by atoms with E-state index in [1.54, 1.807) is 13.8 Å². The number of amides is 1. The molecule has 1 unspecified atom stereocenters. The van der Waals surface area contributed by atoms with Crippen LogP contribution in [0, 0.1) is 5.92 Å². The summed E-state index contributed by atoms with van der Waals surface area (Å²) in [4.78, 5) is 22.2. The average molecular weight is 187 g/mol. The van der Waals surface area contributed by atoms with Gasteiger partial charge in [-0.15, -0.1) is 0 Å². The van der Waals surface area contributed by atoms with Crippen molar-refractivity contribution < 1.29 is 14.7 Å². The first-order chi connectivity index (χ1) is 6.15. The van der Waals surface area contributed by atoms with E-state index in [-0.39, 0.29) is 24.7 Å². The largest absolute Gasteiger partial charge is 0.396 e. The number of carbonyl (C=O) groups excluding carboxylic acids is 2. The van der Waals surface area contributed by atoms with Crippen molar-refractivity contribution in [3.8, 4) is 0 Å². The summed E-state index contributed by atoms with van der Waals surface area (Å²) in [7, 11) is 0. The van der Waals surface area contributed by atoms with Crippen LogP contribution < -0.4 is 5.32 Å². The molecule has 0 aromatic rings. The lowest BCUT2D eigenvalue weighted by Crippen LogP contribution is -2.33. The zero-order valence-electron chi connectivity index (χ0n) is 8.17. The summed E-state index contributed by atoms with van der Waals surface area (Å²) in [6.45, 7) is 3.80. The van der Waals surface area contributed by atoms with Gasteiger partial charge in [-0.1, -0.05) is 6.92 Å². The molecule has 0 aliphatic rings. The molecule has 1 amide bonds. The highest BCUT2D eigenvalue weighted by atomic mass is 16.3. The predicted molar refractivity (Wildman–Crippen MR) is 49.2 cm³/mol. The third-order valence-corrected chi connectivity index (χ3v) is 1.81. The van der Waals surface area contributed by atoms with Crippen molar-refractivity contribution >= 4 is 11.7 Å². The molecule has 0 aliphatic heterocycles. The van der Waals surface area contributed by atoms with Crippen molar-refractivity contribution in [3.63, 3.8) is 0 Å². The molecule has 1 atom stereocenters. The molecule has 0 spiro atoms. The molecule has 0 bridgehead atoms. The van der Waals surface area contributed by atoms with Gasteiger partial charge in [-0.05, 0) is 6.92 Å². The summed E-state index contributed by atoms with van der Waals surface area (Å²) >= 11 is 0. The molecule has 0 fully saturated rings. The fraction of sp³-hybridized carbons (Fsp3) is 0.778. The number of nitrogens with one attached hydrogen (secondary N) is 1. The molecule has 13 heavy (non-hydrogen) atoms. The summed E-state index contributed by atoms with van der Waals surface area (Å²) in [6, 6.07) is 0. The number of hydrogen-bond acceptors (Lipinski definition) is 3. The quantitative estimate of drug-likeness (QED) is 0.619. The minimum Gasteiger partial charge on any atom is -0.396 e. The van der Waals surface area contributed by atoms with Crippen LogP contribution in [0.1, 0.15) is 26.7 Å². The van der Waals surface area contributed by atoms with Crippen LogP contribution in [0.5, 0.6) is 0 Å². The maximum atomic E-state index is 11.2. The second-order valence-electron chi connectivity index (χ2n) is 2.87. The van der Waals surface area contributed by atoms with Gasteiger partial charge in [-0.2, -0.15) is 0 Å². The van der Waals surface area contributed by atoms with E-state index in [2.05, 4.69) is 5.32 Å². The van der Waals surface area contributed by atoms with Gasteiger partial charge in [0.1, 0.15) is 5.78 Å². The van der Waals surface area contributed by atoms with Gasteiger partial charge in [0.2, 0.25) is 5.91 Å². The normalized spacial score (nSPS) is 12.2. The number of carbonyl (C=O) groups is 2. The number of Topliss-reactive ketones (excluding diaryl/α,β-unsaturated/α-hetero) is 1. The first-order valence-electron chi connectivity index (χ1n) is 4.55. The van der Waals surface area contributed by atoms with E-state index in [9.17, 15) is 9.59 Å². The molecule has 0 saturated heterocycles. The Morgan fingerprint density at radius 1 is 1.38 bits per heavy atom. The van der Waals surface area contributed by atoms with Gasteiger partial charge < -0.3 is 10.4 Å². The summed E-state index contributed by atoms with van der Waals surface area (Å²) in [5, 5.41) is 11.4. The molecular formula is C9H17NO3. The molecule has 0 aromatic carbocycles. The van der Waals surface area contributed by atoms with E-state index in [4.69, 9.17) is 5.11 Å². The zero-order valence-corrected chi connectivity index (χ0v) is 8.17. The molecule has 0 aliphatic carbocycles. The van der Waals surface area contributed by atoms with E-state index in [0.29, 0.717) is 13.0 Å². The second kappa shape index (κ2) is 6.60. The highest BCUT2D eigenvalue weighted by Gasteiger charge is 2.19. The van der Waals surface area contributed by atoms with Crippen molar-refractivity contribution in [1.82, 2.24) is 5.32 Å². The fourth-order valence-electron chi connectivity index (χ4n) is 0.978. The first-order valence-corrected chi connectivity index (χ1v) is 4.55. The molecule has 4 nitrogen and oxygen atoms in total. The van der Waals surface area contributed by atoms with Crippen LogP contribution in [-0.2, 0) is 9.59 Å². The Kier molecular flexibility index (Phi) is 6.14. The summed E-state index contributed by atoms with van der Waals surface area (Å²) < 4.78 is 0. The van der Waals surface area contributed by atoms with Crippen LogP contribution in [0.2, 0.25) is 0 Å². The third-order valence-electron chi connectivity index (χ3n) is 1.81. The second-order valence-corrected chi connectivity index (χ2v) is 2.87. The van der Waals surface area contributed by atoms with Crippen molar-refractivity contribution in [2.45, 2.75) is 26.7 Å². The fourth-order valence-corrected chi connectivity index (χ4v) is 0.978. The SMILES string of the molecule is CCNC(=O)C(CO)CC(=O)CC. The minimum absolute atomic E-state index is 0.00491. The van der Waals surface area contributed by atoms with Crippen molar-refractivity contribution in [3.05, 3.63) is 0 Å². The molecule has 0 rings (SSSR count). The van der Waals surface area contributed by atoms with Gasteiger partial charge in [0, 0.05) is 19.4 Å². The number of aliphatic hydroxyl groups is 1. The van der Waals surface area contributed by atoms with E-state index in [1.807, 2.05) is 0 Å². The van der Waals surface area contributed by atoms with Crippen LogP contribution in [0.25, 0.3) is 0 Å². The Bertz CT molecular complexity index is 180. The Labute approximate surface area is 78.3 Å². The number of hydrogen-bond donors (Lipinski definition) is 2. The van der Waals surface area contributed by atoms with Crippen LogP contribution in [0.4, 0.5) is 0 Å². The molecule has 2 N–H and O–H groups in total. The van der Waals surface area contributed by atoms with Crippen LogP contribution >= 0.6 is 0 Å². The summed E-state index contributed by atoms with van der Waals surface area (Å²) in [5.41, 5.74) is 0. The number of ketones is 1. The minimum atomic E-state index is -0.576. The Morgan fingerprint density at radius 2 is 2.00 bits per heavy atom. The first kappa shape index (κ1) is 12.1. The maximum Gasteiger partial charge on any atom is 0.225 e. The lowest BCUT2D eigenvalue weighted by molar-refractivity contribution is -0.130. The highest BCUT2D eigenvalue weighted by Crippen LogP contribution is 2.04. The number of rotatable bonds is 6. The lowest BCUT2D eigenvalue weighted by atomic mass is 10.0. The highest BCUT2D eigenvalue weighted by molar-refractivity contribution is 5.86. The van der Waals surface area contributed by atoms with Crippen molar-refractivity contribution in [2.24, 2.45) is 5.92 Å². The van der Waals surface area contributed by atoms with Gasteiger partial charge in [0.15, 0.2) is 0 Å². The van der Waals surface area contributed by atoms with Crippen LogP contribution in [0.15, 0.2) is 0 Å². The molecule has 0 heterocycles. The van der Waals surface area contributed by atoms with Crippen molar-refractivity contribution in [2.75, 3.05) is 13.2 Å².